The van der Waals surface area contributed by atoms with E-state index >= 15 is 0 Å². The van der Waals surface area contributed by atoms with Crippen LogP contribution in [0.4, 0.5) is 5.82 Å². The quantitative estimate of drug-likeness (QED) is 0.723. The number of anilines is 1. The van der Waals surface area contributed by atoms with E-state index in [0.717, 1.165) is 37.4 Å². The highest BCUT2D eigenvalue weighted by molar-refractivity contribution is 7.99. The molecule has 5 heteroatoms. The minimum atomic E-state index is -0.0162. The molecule has 0 aliphatic rings. The van der Waals surface area contributed by atoms with E-state index in [1.807, 2.05) is 11.8 Å². The molecule has 1 aromatic heterocycles. The fraction of sp³-hybridized carbons (Fsp3) is 0.667. The zero-order valence-corrected chi connectivity index (χ0v) is 11.4. The van der Waals surface area contributed by atoms with Crippen LogP contribution in [0.25, 0.3) is 0 Å². The summed E-state index contributed by atoms with van der Waals surface area (Å²) in [5.41, 5.74) is -0.0162. The predicted octanol–water partition coefficient (Wildman–Crippen LogP) is 2.21. The molecule has 1 N–H and O–H groups in total. The highest BCUT2D eigenvalue weighted by atomic mass is 32.2. The van der Waals surface area contributed by atoms with E-state index in [1.165, 1.54) is 0 Å². The zero-order valence-electron chi connectivity index (χ0n) is 10.6. The summed E-state index contributed by atoms with van der Waals surface area (Å²) in [6.45, 7) is 5.77. The molecule has 0 aromatic carbocycles. The topological polar surface area (TPSA) is 46.9 Å². The Bertz CT molecular complexity index is 378. The summed E-state index contributed by atoms with van der Waals surface area (Å²) in [5, 5.41) is 3.11. The van der Waals surface area contributed by atoms with E-state index in [2.05, 4.69) is 24.1 Å². The van der Waals surface area contributed by atoms with Gasteiger partial charge < -0.3 is 9.88 Å². The highest BCUT2D eigenvalue weighted by Crippen LogP contribution is 2.01. The van der Waals surface area contributed by atoms with Crippen molar-refractivity contribution in [3.05, 3.63) is 22.7 Å². The summed E-state index contributed by atoms with van der Waals surface area (Å²) in [5.74, 6) is 2.74. The number of nitrogens with zero attached hydrogens (tertiary/aromatic N) is 2. The first-order valence-corrected chi connectivity index (χ1v) is 7.32. The van der Waals surface area contributed by atoms with Crippen molar-refractivity contribution in [2.24, 2.45) is 0 Å². The lowest BCUT2D eigenvalue weighted by molar-refractivity contribution is 0.649. The number of aromatic nitrogens is 2. The van der Waals surface area contributed by atoms with Gasteiger partial charge >= 0.3 is 0 Å². The second-order valence-electron chi connectivity index (χ2n) is 3.75. The van der Waals surface area contributed by atoms with Crippen molar-refractivity contribution in [3.63, 3.8) is 0 Å². The molecule has 17 heavy (non-hydrogen) atoms. The molecule has 0 aliphatic heterocycles. The first-order valence-electron chi connectivity index (χ1n) is 6.16. The van der Waals surface area contributed by atoms with Gasteiger partial charge in [-0.05, 0) is 24.3 Å². The van der Waals surface area contributed by atoms with Crippen molar-refractivity contribution >= 4 is 17.6 Å². The van der Waals surface area contributed by atoms with Gasteiger partial charge in [-0.3, -0.25) is 4.79 Å². The largest absolute Gasteiger partial charge is 0.365 e. The smallest absolute Gasteiger partial charge is 0.293 e. The molecule has 0 aliphatic carbocycles. The van der Waals surface area contributed by atoms with Gasteiger partial charge in [0.15, 0.2) is 5.82 Å². The van der Waals surface area contributed by atoms with Gasteiger partial charge in [-0.15, -0.1) is 0 Å². The molecular formula is C12H21N3OS. The van der Waals surface area contributed by atoms with Gasteiger partial charge in [-0.2, -0.15) is 11.8 Å². The minimum Gasteiger partial charge on any atom is -0.365 e. The molecule has 0 bridgehead atoms. The third kappa shape index (κ3) is 4.81. The van der Waals surface area contributed by atoms with Crippen molar-refractivity contribution in [2.45, 2.75) is 33.2 Å². The lowest BCUT2D eigenvalue weighted by Gasteiger charge is -2.07. The summed E-state index contributed by atoms with van der Waals surface area (Å²) in [7, 11) is 0. The maximum atomic E-state index is 11.9. The Kier molecular flexibility index (Phi) is 6.77. The lowest BCUT2D eigenvalue weighted by atomic mass is 10.4. The first-order chi connectivity index (χ1) is 8.29. The molecule has 0 unspecified atom stereocenters. The Morgan fingerprint density at radius 1 is 1.47 bits per heavy atom. The van der Waals surface area contributed by atoms with Crippen LogP contribution in [-0.4, -0.2) is 27.6 Å². The van der Waals surface area contributed by atoms with E-state index < -0.39 is 0 Å². The van der Waals surface area contributed by atoms with Crippen LogP contribution in [0.15, 0.2) is 17.2 Å². The minimum absolute atomic E-state index is 0.0162. The van der Waals surface area contributed by atoms with Crippen LogP contribution >= 0.6 is 11.8 Å². The molecule has 0 spiro atoms. The van der Waals surface area contributed by atoms with Gasteiger partial charge in [-0.1, -0.05) is 13.8 Å². The molecule has 1 heterocycles. The first kappa shape index (κ1) is 14.1. The number of hydrogen-bond acceptors (Lipinski definition) is 4. The number of nitrogens with one attached hydrogen (secondary N) is 1. The van der Waals surface area contributed by atoms with Crippen LogP contribution in [0.2, 0.25) is 0 Å². The molecule has 0 saturated carbocycles. The predicted molar refractivity (Wildman–Crippen MR) is 74.9 cm³/mol. The Hall–Kier alpha value is -0.970. The zero-order chi connectivity index (χ0) is 12.5. The Morgan fingerprint density at radius 3 is 3.00 bits per heavy atom. The van der Waals surface area contributed by atoms with Crippen LogP contribution in [0.3, 0.4) is 0 Å². The standard InChI is InChI=1S/C12H21N3OS/c1-3-8-15-9-7-14-11(12(15)16)13-6-5-10-17-4-2/h7,9H,3-6,8,10H2,1-2H3,(H,13,14). The average molecular weight is 255 g/mol. The third-order valence-corrected chi connectivity index (χ3v) is 3.33. The summed E-state index contributed by atoms with van der Waals surface area (Å²) in [6.07, 6.45) is 5.43. The van der Waals surface area contributed by atoms with Crippen LogP contribution in [0.1, 0.15) is 26.7 Å². The Balaban J connectivity index is 2.48. The number of aryl methyl sites for hydroxylation is 1. The van der Waals surface area contributed by atoms with E-state index in [0.29, 0.717) is 5.82 Å². The van der Waals surface area contributed by atoms with Crippen LogP contribution in [-0.2, 0) is 6.54 Å². The lowest BCUT2D eigenvalue weighted by Crippen LogP contribution is -2.24. The second kappa shape index (κ2) is 8.17. The number of thioether (sulfide) groups is 1. The van der Waals surface area contributed by atoms with E-state index in [9.17, 15) is 4.79 Å². The average Bonchev–Trinajstić information content (AvgIpc) is 2.33. The SMILES string of the molecule is CCCn1ccnc(NCCCSCC)c1=O. The summed E-state index contributed by atoms with van der Waals surface area (Å²) < 4.78 is 1.70. The van der Waals surface area contributed by atoms with Crippen LogP contribution < -0.4 is 10.9 Å². The fourth-order valence-corrected chi connectivity index (χ4v) is 2.15. The monoisotopic (exact) mass is 255 g/mol. The third-order valence-electron chi connectivity index (χ3n) is 2.34. The van der Waals surface area contributed by atoms with Gasteiger partial charge in [-0.25, -0.2) is 4.98 Å². The maximum absolute atomic E-state index is 11.9. The highest BCUT2D eigenvalue weighted by Gasteiger charge is 2.02. The number of hydrogen-bond donors (Lipinski definition) is 1. The van der Waals surface area contributed by atoms with Crippen molar-refractivity contribution in [2.75, 3.05) is 23.4 Å². The van der Waals surface area contributed by atoms with Crippen LogP contribution in [0, 0.1) is 0 Å². The molecule has 0 atom stereocenters. The van der Waals surface area contributed by atoms with Gasteiger partial charge in [0.05, 0.1) is 0 Å². The Labute approximate surface area is 107 Å². The van der Waals surface area contributed by atoms with Gasteiger partial charge in [0.25, 0.3) is 5.56 Å². The van der Waals surface area contributed by atoms with Crippen molar-refractivity contribution in [3.8, 4) is 0 Å². The molecule has 1 aromatic rings. The normalized spacial score (nSPS) is 10.5. The van der Waals surface area contributed by atoms with Gasteiger partial charge in [0.1, 0.15) is 0 Å². The van der Waals surface area contributed by atoms with E-state index in [4.69, 9.17) is 0 Å². The molecular weight excluding hydrogens is 234 g/mol. The van der Waals surface area contributed by atoms with E-state index in [1.54, 1.807) is 17.0 Å². The summed E-state index contributed by atoms with van der Waals surface area (Å²) >= 11 is 1.91. The molecule has 0 saturated heterocycles. The summed E-state index contributed by atoms with van der Waals surface area (Å²) in [6, 6.07) is 0. The van der Waals surface area contributed by atoms with Crippen molar-refractivity contribution < 1.29 is 0 Å². The van der Waals surface area contributed by atoms with Crippen LogP contribution in [0.5, 0.6) is 0 Å². The molecule has 1 rings (SSSR count). The Morgan fingerprint density at radius 2 is 2.29 bits per heavy atom. The van der Waals surface area contributed by atoms with Crippen molar-refractivity contribution in [1.82, 2.24) is 9.55 Å². The van der Waals surface area contributed by atoms with Gasteiger partial charge in [0, 0.05) is 25.5 Å². The number of rotatable bonds is 8. The van der Waals surface area contributed by atoms with Gasteiger partial charge in [0.2, 0.25) is 0 Å². The van der Waals surface area contributed by atoms with E-state index in [-0.39, 0.29) is 5.56 Å². The molecule has 0 fully saturated rings. The summed E-state index contributed by atoms with van der Waals surface area (Å²) in [4.78, 5) is 16.0. The fourth-order valence-electron chi connectivity index (χ4n) is 1.51. The molecule has 0 radical (unpaired) electrons. The second-order valence-corrected chi connectivity index (χ2v) is 5.15. The van der Waals surface area contributed by atoms with Crippen molar-refractivity contribution in [1.29, 1.82) is 0 Å². The molecule has 96 valence electrons. The maximum Gasteiger partial charge on any atom is 0.293 e. The molecule has 0 amide bonds. The molecule has 4 nitrogen and oxygen atoms in total.